The van der Waals surface area contributed by atoms with Crippen molar-refractivity contribution in [2.24, 2.45) is 0 Å². The molecule has 21 heavy (non-hydrogen) atoms. The van der Waals surface area contributed by atoms with Crippen molar-refractivity contribution in [1.82, 2.24) is 10.3 Å². The molecule has 1 aromatic heterocycles. The molecule has 0 saturated heterocycles. The van der Waals surface area contributed by atoms with Gasteiger partial charge >= 0.3 is 0 Å². The van der Waals surface area contributed by atoms with Gasteiger partial charge in [0.2, 0.25) is 5.91 Å². The van der Waals surface area contributed by atoms with Crippen LogP contribution in [0.15, 0.2) is 23.1 Å². The Labute approximate surface area is 131 Å². The number of thioether (sulfide) groups is 1. The highest BCUT2D eigenvalue weighted by Crippen LogP contribution is 2.40. The van der Waals surface area contributed by atoms with E-state index < -0.39 is 5.54 Å². The van der Waals surface area contributed by atoms with Gasteiger partial charge in [-0.2, -0.15) is 0 Å². The summed E-state index contributed by atoms with van der Waals surface area (Å²) in [7, 11) is 0. The highest BCUT2D eigenvalue weighted by Gasteiger charge is 2.35. The molecule has 0 fully saturated rings. The second-order valence-corrected chi connectivity index (χ2v) is 7.39. The molecule has 0 aliphatic carbocycles. The minimum absolute atomic E-state index is 0.0127. The number of amides is 1. The highest BCUT2D eigenvalue weighted by molar-refractivity contribution is 7.98. The topological polar surface area (TPSA) is 42.0 Å². The summed E-state index contributed by atoms with van der Waals surface area (Å²) in [6.07, 6.45) is 2.24. The van der Waals surface area contributed by atoms with Crippen LogP contribution in [0, 0.1) is 5.82 Å². The Morgan fingerprint density at radius 2 is 2.19 bits per heavy atom. The Morgan fingerprint density at radius 1 is 1.43 bits per heavy atom. The van der Waals surface area contributed by atoms with Crippen LogP contribution in [-0.2, 0) is 16.8 Å². The number of halogens is 1. The zero-order valence-corrected chi connectivity index (χ0v) is 13.6. The molecule has 3 rings (SSSR count). The number of benzene rings is 1. The van der Waals surface area contributed by atoms with Gasteiger partial charge in [-0.1, -0.05) is 6.07 Å². The number of nitrogens with zero attached hydrogens (tertiary/aromatic N) is 1. The third-order valence-corrected chi connectivity index (χ3v) is 5.32. The predicted molar refractivity (Wildman–Crippen MR) is 84.2 cm³/mol. The molecule has 0 bridgehead atoms. The molecule has 6 heteroatoms. The van der Waals surface area contributed by atoms with Gasteiger partial charge in [-0.05, 0) is 32.2 Å². The molecule has 0 unspecified atom stereocenters. The molecule has 0 spiro atoms. The van der Waals surface area contributed by atoms with Gasteiger partial charge < -0.3 is 5.32 Å². The van der Waals surface area contributed by atoms with Crippen molar-refractivity contribution in [3.8, 4) is 10.6 Å². The Bertz CT molecular complexity index is 724. The van der Waals surface area contributed by atoms with E-state index in [-0.39, 0.29) is 11.7 Å². The number of carbonyl (C=O) groups excluding carboxylic acids is 1. The first-order chi connectivity index (χ1) is 9.92. The SMILES string of the molecule is CSc1cccc(F)c1-c1nc2c(s1)CC(=O)NC2(C)C. The lowest BCUT2D eigenvalue weighted by molar-refractivity contribution is -0.122. The maximum Gasteiger partial charge on any atom is 0.226 e. The summed E-state index contributed by atoms with van der Waals surface area (Å²) < 4.78 is 14.2. The molecule has 0 radical (unpaired) electrons. The number of carbonyl (C=O) groups is 1. The quantitative estimate of drug-likeness (QED) is 0.859. The van der Waals surface area contributed by atoms with Crippen molar-refractivity contribution in [1.29, 1.82) is 0 Å². The molecule has 2 heterocycles. The number of hydrogen-bond acceptors (Lipinski definition) is 4. The van der Waals surface area contributed by atoms with Crippen LogP contribution in [0.25, 0.3) is 10.6 Å². The molecular weight excluding hydrogens is 307 g/mol. The minimum atomic E-state index is -0.510. The lowest BCUT2D eigenvalue weighted by Crippen LogP contribution is -2.46. The van der Waals surface area contributed by atoms with Crippen LogP contribution < -0.4 is 5.32 Å². The van der Waals surface area contributed by atoms with Crippen LogP contribution in [0.4, 0.5) is 4.39 Å². The third kappa shape index (κ3) is 2.46. The van der Waals surface area contributed by atoms with Gasteiger partial charge in [-0.15, -0.1) is 23.1 Å². The zero-order chi connectivity index (χ0) is 15.2. The third-order valence-electron chi connectivity index (χ3n) is 3.47. The zero-order valence-electron chi connectivity index (χ0n) is 12.0. The van der Waals surface area contributed by atoms with Gasteiger partial charge in [0, 0.05) is 9.77 Å². The Hall–Kier alpha value is -1.40. The molecule has 2 aromatic rings. The predicted octanol–water partition coefficient (Wildman–Crippen LogP) is 3.58. The standard InChI is InChI=1S/C15H15FN2OS2/c1-15(2)13-10(7-11(19)18-15)21-14(17-13)12-8(16)5-4-6-9(12)20-3/h4-6H,7H2,1-3H3,(H,18,19). The summed E-state index contributed by atoms with van der Waals surface area (Å²) in [6, 6.07) is 5.04. The van der Waals surface area contributed by atoms with Crippen LogP contribution in [0.1, 0.15) is 24.4 Å². The van der Waals surface area contributed by atoms with Crippen molar-refractivity contribution < 1.29 is 9.18 Å². The van der Waals surface area contributed by atoms with Gasteiger partial charge in [-0.25, -0.2) is 9.37 Å². The maximum atomic E-state index is 14.2. The molecule has 0 atom stereocenters. The van der Waals surface area contributed by atoms with E-state index in [2.05, 4.69) is 10.3 Å². The first-order valence-corrected chi connectivity index (χ1v) is 8.60. The molecule has 1 N–H and O–H groups in total. The number of fused-ring (bicyclic) bond motifs is 1. The van der Waals surface area contributed by atoms with Crippen molar-refractivity contribution in [3.63, 3.8) is 0 Å². The number of rotatable bonds is 2. The molecule has 1 aliphatic rings. The van der Waals surface area contributed by atoms with Crippen molar-refractivity contribution >= 4 is 29.0 Å². The summed E-state index contributed by atoms with van der Waals surface area (Å²) in [5.74, 6) is -0.286. The minimum Gasteiger partial charge on any atom is -0.345 e. The average molecular weight is 322 g/mol. The summed E-state index contributed by atoms with van der Waals surface area (Å²) in [5, 5.41) is 3.57. The van der Waals surface area contributed by atoms with Crippen LogP contribution in [0.5, 0.6) is 0 Å². The molecule has 1 amide bonds. The highest BCUT2D eigenvalue weighted by atomic mass is 32.2. The number of aromatic nitrogens is 1. The number of thiazole rings is 1. The van der Waals surface area contributed by atoms with E-state index in [1.165, 1.54) is 29.2 Å². The second-order valence-electron chi connectivity index (χ2n) is 5.46. The van der Waals surface area contributed by atoms with E-state index in [1.54, 1.807) is 6.07 Å². The van der Waals surface area contributed by atoms with Crippen molar-refractivity contribution in [2.45, 2.75) is 30.7 Å². The molecule has 110 valence electrons. The monoisotopic (exact) mass is 322 g/mol. The van der Waals surface area contributed by atoms with Crippen molar-refractivity contribution in [2.75, 3.05) is 6.26 Å². The average Bonchev–Trinajstić information content (AvgIpc) is 2.81. The van der Waals surface area contributed by atoms with E-state index in [4.69, 9.17) is 0 Å². The lowest BCUT2D eigenvalue weighted by Gasteiger charge is -2.29. The Kier molecular flexibility index (Phi) is 3.53. The Balaban J connectivity index is 2.17. The van der Waals surface area contributed by atoms with Crippen LogP contribution in [0.3, 0.4) is 0 Å². The van der Waals surface area contributed by atoms with Crippen LogP contribution >= 0.6 is 23.1 Å². The summed E-state index contributed by atoms with van der Waals surface area (Å²) in [5.41, 5.74) is 0.870. The van der Waals surface area contributed by atoms with Crippen LogP contribution in [0.2, 0.25) is 0 Å². The first kappa shape index (κ1) is 14.5. The van der Waals surface area contributed by atoms with Gasteiger partial charge in [0.1, 0.15) is 10.8 Å². The number of hydrogen-bond donors (Lipinski definition) is 1. The fourth-order valence-corrected chi connectivity index (χ4v) is 4.50. The van der Waals surface area contributed by atoms with E-state index >= 15 is 0 Å². The fraction of sp³-hybridized carbons (Fsp3) is 0.333. The van der Waals surface area contributed by atoms with Gasteiger partial charge in [0.05, 0.1) is 23.2 Å². The molecule has 1 aromatic carbocycles. The Morgan fingerprint density at radius 3 is 2.90 bits per heavy atom. The second kappa shape index (κ2) is 5.10. The van der Waals surface area contributed by atoms with Gasteiger partial charge in [-0.3, -0.25) is 4.79 Å². The van der Waals surface area contributed by atoms with E-state index in [0.717, 1.165) is 15.5 Å². The first-order valence-electron chi connectivity index (χ1n) is 6.56. The number of nitrogens with one attached hydrogen (secondary N) is 1. The van der Waals surface area contributed by atoms with E-state index in [0.29, 0.717) is 17.0 Å². The van der Waals surface area contributed by atoms with Crippen LogP contribution in [-0.4, -0.2) is 17.1 Å². The summed E-state index contributed by atoms with van der Waals surface area (Å²) in [4.78, 5) is 18.2. The normalized spacial score (nSPS) is 16.5. The van der Waals surface area contributed by atoms with E-state index in [1.807, 2.05) is 26.2 Å². The van der Waals surface area contributed by atoms with E-state index in [9.17, 15) is 9.18 Å². The summed E-state index contributed by atoms with van der Waals surface area (Å²) >= 11 is 2.91. The van der Waals surface area contributed by atoms with Crippen molar-refractivity contribution in [3.05, 3.63) is 34.6 Å². The molecule has 1 aliphatic heterocycles. The van der Waals surface area contributed by atoms with Gasteiger partial charge in [0.15, 0.2) is 0 Å². The fourth-order valence-electron chi connectivity index (χ4n) is 2.55. The van der Waals surface area contributed by atoms with Gasteiger partial charge in [0.25, 0.3) is 0 Å². The smallest absolute Gasteiger partial charge is 0.226 e. The molecule has 0 saturated carbocycles. The summed E-state index contributed by atoms with van der Waals surface area (Å²) in [6.45, 7) is 3.84. The molecule has 3 nitrogen and oxygen atoms in total. The largest absolute Gasteiger partial charge is 0.345 e. The maximum absolute atomic E-state index is 14.2. The lowest BCUT2D eigenvalue weighted by atomic mass is 9.94. The molecular formula is C15H15FN2OS2.